The van der Waals surface area contributed by atoms with Gasteiger partial charge in [0.2, 0.25) is 5.13 Å². The first-order valence-corrected chi connectivity index (χ1v) is 11.5. The van der Waals surface area contributed by atoms with E-state index >= 15 is 0 Å². The zero-order valence-electron chi connectivity index (χ0n) is 16.6. The molecule has 0 fully saturated rings. The van der Waals surface area contributed by atoms with E-state index in [1.165, 1.54) is 4.31 Å². The largest absolute Gasteiger partial charge is 0.497 e. The Hall–Kier alpha value is -2.98. The van der Waals surface area contributed by atoms with Gasteiger partial charge in [-0.2, -0.15) is 8.42 Å². The second kappa shape index (κ2) is 7.69. The highest BCUT2D eigenvalue weighted by Gasteiger charge is 2.38. The number of amides is 1. The van der Waals surface area contributed by atoms with Gasteiger partial charge < -0.3 is 4.74 Å². The van der Waals surface area contributed by atoms with E-state index in [0.717, 1.165) is 22.5 Å². The molecule has 0 saturated carbocycles. The minimum Gasteiger partial charge on any atom is -0.497 e. The first-order valence-electron chi connectivity index (χ1n) is 9.22. The minimum absolute atomic E-state index is 0.116. The predicted octanol–water partition coefficient (Wildman–Crippen LogP) is 3.25. The number of aryl methyl sites for hydroxylation is 1. The third kappa shape index (κ3) is 3.63. The molecule has 0 saturated heterocycles. The molecule has 0 radical (unpaired) electrons. The number of nitrogens with one attached hydrogen (secondary N) is 1. The molecule has 3 aromatic rings. The highest BCUT2D eigenvalue weighted by atomic mass is 32.2. The quantitative estimate of drug-likeness (QED) is 0.606. The number of hydrogen-bond donors (Lipinski definition) is 1. The van der Waals surface area contributed by atoms with Crippen LogP contribution in [0.25, 0.3) is 0 Å². The van der Waals surface area contributed by atoms with Gasteiger partial charge in [-0.25, -0.2) is 0 Å². The van der Waals surface area contributed by atoms with Crippen LogP contribution in [0.4, 0.5) is 10.8 Å². The number of ether oxygens (including phenoxy) is 1. The Bertz CT molecular complexity index is 1210. The summed E-state index contributed by atoms with van der Waals surface area (Å²) in [4.78, 5) is 12.4. The Labute approximate surface area is 178 Å². The Morgan fingerprint density at radius 3 is 2.63 bits per heavy atom. The molecule has 1 aromatic heterocycles. The van der Waals surface area contributed by atoms with Crippen molar-refractivity contribution >= 4 is 38.1 Å². The second-order valence-electron chi connectivity index (χ2n) is 7.04. The number of fused-ring (bicyclic) bond motifs is 1. The molecule has 8 nitrogen and oxygen atoms in total. The molecular formula is C20H20N4O4S2. The third-order valence-electron chi connectivity index (χ3n) is 4.85. The fraction of sp³-hybridized carbons (Fsp3) is 0.250. The molecule has 4 rings (SSSR count). The van der Waals surface area contributed by atoms with E-state index in [9.17, 15) is 13.2 Å². The summed E-state index contributed by atoms with van der Waals surface area (Å²) in [7, 11) is -2.36. The molecule has 0 unspecified atom stereocenters. The van der Waals surface area contributed by atoms with Gasteiger partial charge in [-0.1, -0.05) is 23.5 Å². The molecule has 1 aliphatic rings. The van der Waals surface area contributed by atoms with E-state index in [1.54, 1.807) is 31.4 Å². The number of nitrogens with zero attached hydrogens (tertiary/aromatic N) is 3. The van der Waals surface area contributed by atoms with E-state index in [4.69, 9.17) is 4.74 Å². The Morgan fingerprint density at radius 2 is 1.93 bits per heavy atom. The van der Waals surface area contributed by atoms with Gasteiger partial charge in [-0.15, -0.1) is 10.2 Å². The van der Waals surface area contributed by atoms with Gasteiger partial charge in [0.15, 0.2) is 0 Å². The van der Waals surface area contributed by atoms with Crippen molar-refractivity contribution in [2.45, 2.75) is 30.6 Å². The first kappa shape index (κ1) is 20.3. The molecule has 30 heavy (non-hydrogen) atoms. The number of anilines is 2. The summed E-state index contributed by atoms with van der Waals surface area (Å²) < 4.78 is 32.8. The molecule has 0 spiro atoms. The van der Waals surface area contributed by atoms with Crippen molar-refractivity contribution in [3.63, 3.8) is 0 Å². The molecule has 2 aromatic carbocycles. The van der Waals surface area contributed by atoms with E-state index in [2.05, 4.69) is 15.5 Å². The van der Waals surface area contributed by atoms with Crippen LogP contribution in [0.15, 0.2) is 46.8 Å². The summed E-state index contributed by atoms with van der Waals surface area (Å²) in [5.74, 6) is 0.222. The van der Waals surface area contributed by atoms with Crippen molar-refractivity contribution in [2.24, 2.45) is 0 Å². The maximum atomic E-state index is 13.3. The number of benzene rings is 2. The zero-order valence-corrected chi connectivity index (χ0v) is 18.3. The first-order chi connectivity index (χ1) is 14.3. The number of aromatic nitrogens is 2. The summed E-state index contributed by atoms with van der Waals surface area (Å²) in [6.07, 6.45) is 0.634. The van der Waals surface area contributed by atoms with Crippen molar-refractivity contribution in [1.29, 1.82) is 0 Å². The van der Waals surface area contributed by atoms with Gasteiger partial charge in [-0.3, -0.25) is 14.4 Å². The number of hydrogen-bond acceptors (Lipinski definition) is 7. The van der Waals surface area contributed by atoms with E-state index < -0.39 is 15.9 Å². The van der Waals surface area contributed by atoms with Gasteiger partial charge in [0.05, 0.1) is 12.8 Å². The minimum atomic E-state index is -3.90. The summed E-state index contributed by atoms with van der Waals surface area (Å²) >= 11 is 0.830. The summed E-state index contributed by atoms with van der Waals surface area (Å²) in [5.41, 5.74) is 3.02. The zero-order chi connectivity index (χ0) is 21.5. The highest BCUT2D eigenvalue weighted by molar-refractivity contribution is 7.94. The van der Waals surface area contributed by atoms with Crippen molar-refractivity contribution in [3.05, 3.63) is 59.2 Å². The lowest BCUT2D eigenvalue weighted by Gasteiger charge is -2.22. The number of carbonyl (C=O) groups is 1. The van der Waals surface area contributed by atoms with Gasteiger partial charge in [0, 0.05) is 11.6 Å². The standard InChI is InChI=1S/C20H20N4O4S2/c1-12-4-5-15-11-13(2)24(17(15)10-12)30(26,27)20-23-22-19(29-20)21-18(25)14-6-8-16(28-3)9-7-14/h4-10,13H,11H2,1-3H3,(H,21,22,25)/t13-/m1/s1. The van der Waals surface area contributed by atoms with Crippen LogP contribution < -0.4 is 14.4 Å². The molecule has 1 amide bonds. The summed E-state index contributed by atoms with van der Waals surface area (Å²) in [6.45, 7) is 3.78. The van der Waals surface area contributed by atoms with Crippen LogP contribution in [-0.2, 0) is 16.4 Å². The normalized spacial score (nSPS) is 15.7. The fourth-order valence-electron chi connectivity index (χ4n) is 3.42. The lowest BCUT2D eigenvalue weighted by atomic mass is 10.1. The van der Waals surface area contributed by atoms with Crippen LogP contribution in [0.1, 0.15) is 28.4 Å². The Kier molecular flexibility index (Phi) is 5.20. The Morgan fingerprint density at radius 1 is 1.20 bits per heavy atom. The molecule has 1 atom stereocenters. The third-order valence-corrected chi connectivity index (χ3v) is 7.97. The van der Waals surface area contributed by atoms with Crippen LogP contribution in [0.3, 0.4) is 0 Å². The fourth-order valence-corrected chi connectivity index (χ4v) is 6.08. The van der Waals surface area contributed by atoms with Crippen LogP contribution in [-0.4, -0.2) is 37.7 Å². The predicted molar refractivity (Wildman–Crippen MR) is 115 cm³/mol. The van der Waals surface area contributed by atoms with Crippen molar-refractivity contribution in [1.82, 2.24) is 10.2 Å². The summed E-state index contributed by atoms with van der Waals surface area (Å²) in [6, 6.07) is 12.1. The average Bonchev–Trinajstić information content (AvgIpc) is 3.32. The molecule has 1 N–H and O–H groups in total. The highest BCUT2D eigenvalue weighted by Crippen LogP contribution is 2.38. The number of sulfonamides is 1. The molecule has 0 bridgehead atoms. The van der Waals surface area contributed by atoms with Gasteiger partial charge in [0.25, 0.3) is 20.3 Å². The number of methoxy groups -OCH3 is 1. The van der Waals surface area contributed by atoms with Crippen LogP contribution >= 0.6 is 11.3 Å². The number of carbonyl (C=O) groups excluding carboxylic acids is 1. The van der Waals surface area contributed by atoms with Gasteiger partial charge >= 0.3 is 0 Å². The van der Waals surface area contributed by atoms with E-state index in [0.29, 0.717) is 23.4 Å². The SMILES string of the molecule is COc1ccc(C(=O)Nc2nnc(S(=O)(=O)N3c4cc(C)ccc4C[C@H]3C)s2)cc1. The van der Waals surface area contributed by atoms with Crippen molar-refractivity contribution in [2.75, 3.05) is 16.7 Å². The van der Waals surface area contributed by atoms with Crippen LogP contribution in [0, 0.1) is 6.92 Å². The lowest BCUT2D eigenvalue weighted by molar-refractivity contribution is 0.102. The van der Waals surface area contributed by atoms with E-state index in [1.807, 2.05) is 32.0 Å². The molecule has 156 valence electrons. The van der Waals surface area contributed by atoms with Crippen LogP contribution in [0.5, 0.6) is 5.75 Å². The smallest absolute Gasteiger partial charge is 0.293 e. The molecular weight excluding hydrogens is 424 g/mol. The maximum Gasteiger partial charge on any atom is 0.293 e. The molecule has 1 aliphatic heterocycles. The average molecular weight is 445 g/mol. The van der Waals surface area contributed by atoms with Gasteiger partial charge in [0.1, 0.15) is 5.75 Å². The maximum absolute atomic E-state index is 13.3. The Balaban J connectivity index is 1.57. The molecule has 0 aliphatic carbocycles. The molecule has 10 heteroatoms. The molecule has 2 heterocycles. The lowest BCUT2D eigenvalue weighted by Crippen LogP contribution is -2.35. The van der Waals surface area contributed by atoms with E-state index in [-0.39, 0.29) is 15.5 Å². The topological polar surface area (TPSA) is 101 Å². The van der Waals surface area contributed by atoms with Gasteiger partial charge in [-0.05, 0) is 61.7 Å². The summed E-state index contributed by atoms with van der Waals surface area (Å²) in [5, 5.41) is 10.4. The number of rotatable bonds is 5. The van der Waals surface area contributed by atoms with Crippen molar-refractivity contribution in [3.8, 4) is 5.75 Å². The monoisotopic (exact) mass is 444 g/mol. The van der Waals surface area contributed by atoms with Crippen LogP contribution in [0.2, 0.25) is 0 Å². The second-order valence-corrected chi connectivity index (χ2v) is 10.0. The van der Waals surface area contributed by atoms with Crippen molar-refractivity contribution < 1.29 is 17.9 Å².